The molecule has 0 radical (unpaired) electrons. The number of hydrogen-bond acceptors (Lipinski definition) is 2. The number of nitrogens with zero attached hydrogens (tertiary/aromatic N) is 1. The van der Waals surface area contributed by atoms with Crippen molar-refractivity contribution in [1.82, 2.24) is 4.31 Å². The van der Waals surface area contributed by atoms with Crippen molar-refractivity contribution < 1.29 is 12.8 Å². The van der Waals surface area contributed by atoms with Gasteiger partial charge in [-0.3, -0.25) is 0 Å². The van der Waals surface area contributed by atoms with Crippen molar-refractivity contribution in [3.8, 4) is 0 Å². The van der Waals surface area contributed by atoms with Crippen molar-refractivity contribution in [1.29, 1.82) is 0 Å². The summed E-state index contributed by atoms with van der Waals surface area (Å²) in [6, 6.07) is 2.75. The molecule has 0 unspecified atom stereocenters. The summed E-state index contributed by atoms with van der Waals surface area (Å²) in [7, 11) is -3.68. The summed E-state index contributed by atoms with van der Waals surface area (Å²) in [6.07, 6.45) is 1.44. The molecular weight excluding hydrogens is 301 g/mol. The molecule has 0 aliphatic heterocycles. The second-order valence-electron chi connectivity index (χ2n) is 4.74. The van der Waals surface area contributed by atoms with E-state index >= 15 is 0 Å². The first-order valence-electron chi connectivity index (χ1n) is 6.73. The maximum atomic E-state index is 13.9. The standard InChI is InChI=1S/C14H21ClFNO2S/c1-4-6-17(7-5-2)20(18,19)14-9-12(10-15)8-13(16)11(14)3/h8-9H,4-7,10H2,1-3H3. The van der Waals surface area contributed by atoms with E-state index in [1.54, 1.807) is 0 Å². The van der Waals surface area contributed by atoms with Crippen LogP contribution in [0.5, 0.6) is 0 Å². The van der Waals surface area contributed by atoms with Crippen LogP contribution in [-0.2, 0) is 15.9 Å². The van der Waals surface area contributed by atoms with Crippen molar-refractivity contribution in [2.24, 2.45) is 0 Å². The lowest BCUT2D eigenvalue weighted by Gasteiger charge is -2.22. The molecule has 0 aliphatic rings. The second-order valence-corrected chi connectivity index (χ2v) is 6.91. The van der Waals surface area contributed by atoms with Crippen LogP contribution in [0.1, 0.15) is 37.8 Å². The fourth-order valence-corrected chi connectivity index (χ4v) is 4.11. The second kappa shape index (κ2) is 7.38. The Hall–Kier alpha value is -0.650. The third-order valence-electron chi connectivity index (χ3n) is 3.07. The van der Waals surface area contributed by atoms with Gasteiger partial charge >= 0.3 is 0 Å². The van der Waals surface area contributed by atoms with E-state index in [9.17, 15) is 12.8 Å². The molecule has 0 saturated carbocycles. The van der Waals surface area contributed by atoms with Gasteiger partial charge in [0.25, 0.3) is 0 Å². The molecule has 0 aromatic heterocycles. The van der Waals surface area contributed by atoms with Crippen molar-refractivity contribution in [3.05, 3.63) is 29.1 Å². The summed E-state index contributed by atoms with van der Waals surface area (Å²) in [4.78, 5) is 0.0232. The van der Waals surface area contributed by atoms with Crippen molar-refractivity contribution in [2.75, 3.05) is 13.1 Å². The van der Waals surface area contributed by atoms with Crippen LogP contribution in [0.2, 0.25) is 0 Å². The van der Waals surface area contributed by atoms with Crippen LogP contribution in [0.4, 0.5) is 4.39 Å². The first-order valence-corrected chi connectivity index (χ1v) is 8.71. The first kappa shape index (κ1) is 17.4. The molecule has 1 aromatic carbocycles. The van der Waals surface area contributed by atoms with E-state index in [-0.39, 0.29) is 16.3 Å². The minimum atomic E-state index is -3.68. The molecule has 114 valence electrons. The van der Waals surface area contributed by atoms with E-state index in [1.807, 2.05) is 13.8 Å². The SMILES string of the molecule is CCCN(CCC)S(=O)(=O)c1cc(CCl)cc(F)c1C. The maximum Gasteiger partial charge on any atom is 0.243 e. The molecule has 1 rings (SSSR count). The van der Waals surface area contributed by atoms with Gasteiger partial charge in [0.1, 0.15) is 5.82 Å². The lowest BCUT2D eigenvalue weighted by Crippen LogP contribution is -2.33. The van der Waals surface area contributed by atoms with Gasteiger partial charge in [-0.2, -0.15) is 4.31 Å². The van der Waals surface area contributed by atoms with Gasteiger partial charge in [-0.05, 0) is 37.5 Å². The zero-order chi connectivity index (χ0) is 15.3. The minimum Gasteiger partial charge on any atom is -0.207 e. The molecule has 0 heterocycles. The average molecular weight is 322 g/mol. The molecule has 6 heteroatoms. The smallest absolute Gasteiger partial charge is 0.207 e. The molecule has 0 bridgehead atoms. The molecule has 0 fully saturated rings. The van der Waals surface area contributed by atoms with Crippen molar-refractivity contribution in [3.63, 3.8) is 0 Å². The highest BCUT2D eigenvalue weighted by molar-refractivity contribution is 7.89. The third-order valence-corrected chi connectivity index (χ3v) is 5.41. The Kier molecular flexibility index (Phi) is 6.43. The number of sulfonamides is 1. The Labute approximate surface area is 125 Å². The van der Waals surface area contributed by atoms with Gasteiger partial charge in [0.2, 0.25) is 10.0 Å². The normalized spacial score (nSPS) is 12.1. The van der Waals surface area contributed by atoms with E-state index in [0.29, 0.717) is 18.7 Å². The van der Waals surface area contributed by atoms with Gasteiger partial charge in [0.15, 0.2) is 0 Å². The fraction of sp³-hybridized carbons (Fsp3) is 0.571. The zero-order valence-electron chi connectivity index (χ0n) is 12.1. The minimum absolute atomic E-state index is 0.0232. The Bertz CT molecular complexity index is 555. The number of benzene rings is 1. The van der Waals surface area contributed by atoms with Gasteiger partial charge < -0.3 is 0 Å². The Morgan fingerprint density at radius 3 is 2.20 bits per heavy atom. The largest absolute Gasteiger partial charge is 0.243 e. The number of rotatable bonds is 7. The molecule has 0 saturated heterocycles. The Morgan fingerprint density at radius 2 is 1.75 bits per heavy atom. The van der Waals surface area contributed by atoms with Crippen LogP contribution in [0, 0.1) is 12.7 Å². The maximum absolute atomic E-state index is 13.9. The zero-order valence-corrected chi connectivity index (χ0v) is 13.7. The topological polar surface area (TPSA) is 37.4 Å². The van der Waals surface area contributed by atoms with E-state index in [0.717, 1.165) is 12.8 Å². The molecule has 1 aromatic rings. The van der Waals surface area contributed by atoms with Gasteiger partial charge in [0.05, 0.1) is 4.90 Å². The van der Waals surface area contributed by atoms with Crippen LogP contribution < -0.4 is 0 Å². The summed E-state index contributed by atoms with van der Waals surface area (Å²) < 4.78 is 40.6. The number of alkyl halides is 1. The lowest BCUT2D eigenvalue weighted by molar-refractivity contribution is 0.409. The Morgan fingerprint density at radius 1 is 1.20 bits per heavy atom. The summed E-state index contributed by atoms with van der Waals surface area (Å²) in [5.41, 5.74) is 0.623. The van der Waals surface area contributed by atoms with E-state index in [1.165, 1.54) is 23.4 Å². The molecule has 3 nitrogen and oxygen atoms in total. The Balaban J connectivity index is 3.36. The van der Waals surface area contributed by atoms with Gasteiger partial charge in [-0.25, -0.2) is 12.8 Å². The average Bonchev–Trinajstić information content (AvgIpc) is 2.41. The van der Waals surface area contributed by atoms with Gasteiger partial charge in [-0.1, -0.05) is 13.8 Å². The van der Waals surface area contributed by atoms with Crippen LogP contribution in [0.25, 0.3) is 0 Å². The molecule has 0 aliphatic carbocycles. The molecular formula is C14H21ClFNO2S. The predicted molar refractivity (Wildman–Crippen MR) is 80.0 cm³/mol. The summed E-state index contributed by atoms with van der Waals surface area (Å²) in [5.74, 6) is -0.448. The molecule has 0 N–H and O–H groups in total. The van der Waals surface area contributed by atoms with E-state index in [4.69, 9.17) is 11.6 Å². The fourth-order valence-electron chi connectivity index (χ4n) is 2.04. The van der Waals surface area contributed by atoms with E-state index < -0.39 is 15.8 Å². The van der Waals surface area contributed by atoms with Crippen LogP contribution in [0.15, 0.2) is 17.0 Å². The quantitative estimate of drug-likeness (QED) is 0.718. The van der Waals surface area contributed by atoms with Crippen molar-refractivity contribution >= 4 is 21.6 Å². The predicted octanol–water partition coefficient (Wildman–Crippen LogP) is 3.68. The van der Waals surface area contributed by atoms with E-state index in [2.05, 4.69) is 0 Å². The molecule has 0 spiro atoms. The monoisotopic (exact) mass is 321 g/mol. The summed E-state index contributed by atoms with van der Waals surface area (Å²) in [5, 5.41) is 0. The highest BCUT2D eigenvalue weighted by atomic mass is 35.5. The van der Waals surface area contributed by atoms with Gasteiger partial charge in [-0.15, -0.1) is 11.6 Å². The lowest BCUT2D eigenvalue weighted by atomic mass is 10.1. The van der Waals surface area contributed by atoms with Crippen LogP contribution in [0.3, 0.4) is 0 Å². The third kappa shape index (κ3) is 3.71. The molecule has 20 heavy (non-hydrogen) atoms. The first-order chi connectivity index (χ1) is 9.38. The van der Waals surface area contributed by atoms with Gasteiger partial charge in [0, 0.05) is 24.5 Å². The van der Waals surface area contributed by atoms with Crippen LogP contribution in [-0.4, -0.2) is 25.8 Å². The van der Waals surface area contributed by atoms with Crippen LogP contribution >= 0.6 is 11.6 Å². The number of hydrogen-bond donors (Lipinski definition) is 0. The summed E-state index contributed by atoms with van der Waals surface area (Å²) in [6.45, 7) is 6.18. The summed E-state index contributed by atoms with van der Waals surface area (Å²) >= 11 is 5.70. The molecule has 0 atom stereocenters. The number of halogens is 2. The van der Waals surface area contributed by atoms with Crippen molar-refractivity contribution in [2.45, 2.75) is 44.4 Å². The highest BCUT2D eigenvalue weighted by Gasteiger charge is 2.26. The molecule has 0 amide bonds. The highest BCUT2D eigenvalue weighted by Crippen LogP contribution is 2.25.